The molecule has 7 heteroatoms. The van der Waals surface area contributed by atoms with Crippen LogP contribution in [0.5, 0.6) is 0 Å². The molecular formula is C55H35N7. The average molecular weight is 794 g/mol. The molecule has 0 unspecified atom stereocenters. The lowest BCUT2D eigenvalue weighted by molar-refractivity contribution is 1.07. The quantitative estimate of drug-likeness (QED) is 0.143. The summed E-state index contributed by atoms with van der Waals surface area (Å²) < 4.78 is 0. The van der Waals surface area contributed by atoms with Crippen LogP contribution in [0.1, 0.15) is 5.56 Å². The first-order chi connectivity index (χ1) is 30.7. The first kappa shape index (κ1) is 37.5. The Balaban J connectivity index is 1.00. The van der Waals surface area contributed by atoms with Gasteiger partial charge in [-0.05, 0) is 46.0 Å². The Bertz CT molecular complexity index is 3120. The van der Waals surface area contributed by atoms with E-state index in [0.29, 0.717) is 40.5 Å². The van der Waals surface area contributed by atoms with Crippen LogP contribution >= 0.6 is 0 Å². The van der Waals surface area contributed by atoms with Crippen molar-refractivity contribution in [3.05, 3.63) is 218 Å². The van der Waals surface area contributed by atoms with Gasteiger partial charge in [-0.2, -0.15) is 5.26 Å². The number of rotatable bonds is 9. The third-order valence-electron chi connectivity index (χ3n) is 10.6. The van der Waals surface area contributed by atoms with Crippen LogP contribution in [-0.4, -0.2) is 29.9 Å². The Hall–Kier alpha value is -8.73. The van der Waals surface area contributed by atoms with Crippen molar-refractivity contribution in [3.63, 3.8) is 0 Å². The minimum Gasteiger partial charge on any atom is -0.208 e. The summed E-state index contributed by atoms with van der Waals surface area (Å²) >= 11 is 0. The molecule has 0 saturated heterocycles. The SMILES string of the molecule is N#Cc1cc(-c2cccc(-c3cccc(-c4nc(-c5ccccc5)nc(-c5ccccc5)n4)c3)c2)ccc1-c1ccccc1-c1nc(-c2ccccc2)nc(-c2ccccc2)n1. The molecule has 0 N–H and O–H groups in total. The molecular weight excluding hydrogens is 759 g/mol. The number of benzene rings is 8. The largest absolute Gasteiger partial charge is 0.208 e. The second-order valence-electron chi connectivity index (χ2n) is 14.7. The van der Waals surface area contributed by atoms with Gasteiger partial charge in [-0.15, -0.1) is 0 Å². The van der Waals surface area contributed by atoms with E-state index in [1.54, 1.807) is 0 Å². The van der Waals surface area contributed by atoms with Gasteiger partial charge < -0.3 is 0 Å². The number of nitrogens with zero attached hydrogens (tertiary/aromatic N) is 7. The maximum absolute atomic E-state index is 10.6. The standard InChI is InChI=1S/C55H35N7/c56-36-46-35-44(31-32-47(46)48-29-13-14-30-49(48)55-61-52(39-21-9-3-10-22-39)58-53(62-55)40-23-11-4-12-24-40)42-26-15-25-41(33-42)43-27-16-28-45(34-43)54-59-50(37-17-5-1-6-18-37)57-51(60-54)38-19-7-2-8-20-38/h1-35H. The summed E-state index contributed by atoms with van der Waals surface area (Å²) in [5.41, 5.74) is 11.4. The maximum atomic E-state index is 10.6. The molecule has 0 amide bonds. The molecule has 0 aliphatic carbocycles. The molecule has 62 heavy (non-hydrogen) atoms. The van der Waals surface area contributed by atoms with Gasteiger partial charge in [0.15, 0.2) is 34.9 Å². The Labute approximate surface area is 359 Å². The van der Waals surface area contributed by atoms with Crippen LogP contribution in [-0.2, 0) is 0 Å². The van der Waals surface area contributed by atoms with E-state index < -0.39 is 0 Å². The number of hydrogen-bond acceptors (Lipinski definition) is 7. The summed E-state index contributed by atoms with van der Waals surface area (Å²) in [5.74, 6) is 3.50. The van der Waals surface area contributed by atoms with Crippen molar-refractivity contribution in [2.45, 2.75) is 0 Å². The van der Waals surface area contributed by atoms with Crippen molar-refractivity contribution in [1.29, 1.82) is 5.26 Å². The highest BCUT2D eigenvalue weighted by Crippen LogP contribution is 2.37. The molecule has 0 bridgehead atoms. The normalized spacial score (nSPS) is 10.9. The molecule has 0 saturated carbocycles. The van der Waals surface area contributed by atoms with Crippen molar-refractivity contribution >= 4 is 0 Å². The van der Waals surface area contributed by atoms with Crippen LogP contribution in [0.3, 0.4) is 0 Å². The fraction of sp³-hybridized carbons (Fsp3) is 0. The highest BCUT2D eigenvalue weighted by atomic mass is 15.0. The van der Waals surface area contributed by atoms with Gasteiger partial charge in [0, 0.05) is 38.9 Å². The molecule has 0 fully saturated rings. The Morgan fingerprint density at radius 3 is 1.00 bits per heavy atom. The van der Waals surface area contributed by atoms with Crippen molar-refractivity contribution in [3.8, 4) is 108 Å². The first-order valence-electron chi connectivity index (χ1n) is 20.3. The van der Waals surface area contributed by atoms with Crippen LogP contribution < -0.4 is 0 Å². The lowest BCUT2D eigenvalue weighted by Crippen LogP contribution is -2.01. The van der Waals surface area contributed by atoms with Gasteiger partial charge in [0.25, 0.3) is 0 Å². The molecule has 2 aromatic heterocycles. The molecule has 290 valence electrons. The van der Waals surface area contributed by atoms with Crippen LogP contribution in [0.2, 0.25) is 0 Å². The Morgan fingerprint density at radius 2 is 0.565 bits per heavy atom. The molecule has 7 nitrogen and oxygen atoms in total. The zero-order valence-corrected chi connectivity index (χ0v) is 33.3. The fourth-order valence-corrected chi connectivity index (χ4v) is 7.55. The molecule has 0 radical (unpaired) electrons. The van der Waals surface area contributed by atoms with Crippen molar-refractivity contribution in [2.24, 2.45) is 0 Å². The Kier molecular flexibility index (Phi) is 10.2. The molecule has 0 atom stereocenters. The predicted octanol–water partition coefficient (Wildman–Crippen LogP) is 12.9. The zero-order valence-electron chi connectivity index (χ0n) is 33.3. The van der Waals surface area contributed by atoms with Crippen molar-refractivity contribution in [1.82, 2.24) is 29.9 Å². The molecule has 10 rings (SSSR count). The van der Waals surface area contributed by atoms with E-state index in [1.165, 1.54) is 0 Å². The van der Waals surface area contributed by atoms with E-state index >= 15 is 0 Å². The number of nitriles is 1. The van der Waals surface area contributed by atoms with Gasteiger partial charge in [-0.1, -0.05) is 194 Å². The van der Waals surface area contributed by atoms with E-state index in [-0.39, 0.29) is 0 Å². The monoisotopic (exact) mass is 793 g/mol. The summed E-state index contributed by atoms with van der Waals surface area (Å²) in [7, 11) is 0. The third kappa shape index (κ3) is 7.75. The fourth-order valence-electron chi connectivity index (χ4n) is 7.55. The summed E-state index contributed by atoms with van der Waals surface area (Å²) in [6, 6.07) is 73.0. The van der Waals surface area contributed by atoms with Crippen LogP contribution in [0.15, 0.2) is 212 Å². The van der Waals surface area contributed by atoms with Gasteiger partial charge in [0.05, 0.1) is 11.6 Å². The Morgan fingerprint density at radius 1 is 0.242 bits per heavy atom. The predicted molar refractivity (Wildman–Crippen MR) is 247 cm³/mol. The summed E-state index contributed by atoms with van der Waals surface area (Å²) in [6.45, 7) is 0. The van der Waals surface area contributed by atoms with Crippen LogP contribution in [0, 0.1) is 11.3 Å². The summed E-state index contributed by atoms with van der Waals surface area (Å²) in [4.78, 5) is 29.6. The minimum absolute atomic E-state index is 0.529. The second-order valence-corrected chi connectivity index (χ2v) is 14.7. The highest BCUT2D eigenvalue weighted by Gasteiger charge is 2.18. The van der Waals surface area contributed by atoms with E-state index in [0.717, 1.165) is 66.8 Å². The van der Waals surface area contributed by atoms with Gasteiger partial charge in [-0.25, -0.2) is 29.9 Å². The molecule has 0 spiro atoms. The van der Waals surface area contributed by atoms with Crippen molar-refractivity contribution < 1.29 is 0 Å². The lowest BCUT2D eigenvalue weighted by atomic mass is 9.91. The van der Waals surface area contributed by atoms with Gasteiger partial charge in [-0.3, -0.25) is 0 Å². The zero-order chi connectivity index (χ0) is 41.7. The van der Waals surface area contributed by atoms with Gasteiger partial charge >= 0.3 is 0 Å². The van der Waals surface area contributed by atoms with Crippen molar-refractivity contribution in [2.75, 3.05) is 0 Å². The highest BCUT2D eigenvalue weighted by molar-refractivity contribution is 5.87. The third-order valence-corrected chi connectivity index (χ3v) is 10.6. The van der Waals surface area contributed by atoms with Gasteiger partial charge in [0.1, 0.15) is 0 Å². The molecule has 0 aliphatic rings. The van der Waals surface area contributed by atoms with E-state index in [1.807, 2.05) is 176 Å². The minimum atomic E-state index is 0.529. The van der Waals surface area contributed by atoms with Gasteiger partial charge in [0.2, 0.25) is 0 Å². The molecule has 8 aromatic carbocycles. The molecule has 0 aliphatic heterocycles. The number of aromatic nitrogens is 6. The number of hydrogen-bond donors (Lipinski definition) is 0. The first-order valence-corrected chi connectivity index (χ1v) is 20.3. The summed E-state index contributed by atoms with van der Waals surface area (Å²) in [6.07, 6.45) is 0. The lowest BCUT2D eigenvalue weighted by Gasteiger charge is -2.14. The van der Waals surface area contributed by atoms with E-state index in [9.17, 15) is 5.26 Å². The van der Waals surface area contributed by atoms with Crippen LogP contribution in [0.4, 0.5) is 0 Å². The van der Waals surface area contributed by atoms with E-state index in [4.69, 9.17) is 29.9 Å². The summed E-state index contributed by atoms with van der Waals surface area (Å²) in [5, 5.41) is 10.6. The second kappa shape index (κ2) is 16.9. The molecule has 10 aromatic rings. The van der Waals surface area contributed by atoms with Crippen LogP contribution in [0.25, 0.3) is 102 Å². The average Bonchev–Trinajstić information content (AvgIpc) is 3.37. The molecule has 2 heterocycles. The topological polar surface area (TPSA) is 101 Å². The smallest absolute Gasteiger partial charge is 0.164 e. The maximum Gasteiger partial charge on any atom is 0.164 e. The van der Waals surface area contributed by atoms with E-state index in [2.05, 4.69) is 42.5 Å².